The summed E-state index contributed by atoms with van der Waals surface area (Å²) in [7, 11) is -3.06. The van der Waals surface area contributed by atoms with Crippen molar-refractivity contribution < 1.29 is 18.3 Å². The maximum Gasteiger partial charge on any atom is 0.300 e. The zero-order chi connectivity index (χ0) is 17.9. The van der Waals surface area contributed by atoms with Crippen LogP contribution in [0.1, 0.15) is 6.42 Å². The lowest BCUT2D eigenvalue weighted by atomic mass is 10.2. The summed E-state index contributed by atoms with van der Waals surface area (Å²) < 4.78 is 22.7. The van der Waals surface area contributed by atoms with Crippen LogP contribution in [0.3, 0.4) is 0 Å². The highest BCUT2D eigenvalue weighted by Gasteiger charge is 2.28. The molecule has 1 aromatic rings. The predicted octanol–water partition coefficient (Wildman–Crippen LogP) is 0.481. The van der Waals surface area contributed by atoms with Crippen LogP contribution in [0, 0.1) is 20.2 Å². The second kappa shape index (κ2) is 6.92. The highest BCUT2D eigenvalue weighted by atomic mass is 32.2. The predicted molar refractivity (Wildman–Crippen MR) is 89.3 cm³/mol. The molecule has 0 radical (unpaired) electrons. The summed E-state index contributed by atoms with van der Waals surface area (Å²) in [5.41, 5.74) is 4.06. The molecule has 0 amide bonds. The zero-order valence-electron chi connectivity index (χ0n) is 12.1. The average molecular weight is 375 g/mol. The molecule has 11 nitrogen and oxygen atoms in total. The summed E-state index contributed by atoms with van der Waals surface area (Å²) in [6.45, 7) is 0. The summed E-state index contributed by atoms with van der Waals surface area (Å²) in [5, 5.41) is 24.5. The summed E-state index contributed by atoms with van der Waals surface area (Å²) in [6, 6.07) is 2.77. The van der Waals surface area contributed by atoms with Crippen LogP contribution < -0.4 is 16.2 Å². The molecule has 0 spiro atoms. The number of hydrogen-bond donors (Lipinski definition) is 3. The maximum atomic E-state index is 11.4. The average Bonchev–Trinajstić information content (AvgIpc) is 2.83. The Hall–Kier alpha value is -2.54. The number of sulfone groups is 1. The van der Waals surface area contributed by atoms with Crippen molar-refractivity contribution in [3.63, 3.8) is 0 Å². The number of thiocarbonyl (C=S) groups is 1. The number of hydrogen-bond acceptors (Lipinski definition) is 8. The Kier molecular flexibility index (Phi) is 5.14. The summed E-state index contributed by atoms with van der Waals surface area (Å²) in [5.74, 6) is 0.0427. The Morgan fingerprint density at radius 2 is 1.96 bits per heavy atom. The molecular formula is C11H13N5O6S2. The number of nitro benzene ring substituents is 2. The molecule has 1 fully saturated rings. The standard InChI is InChI=1S/C11H13N5O6S2/c17-15(18)8-1-2-9(10(5-8)16(19)20)13-14-11(23)12-7-3-4-24(21,22)6-7/h1-2,5,7,13H,3-4,6H2,(H2,12,14,23). The highest BCUT2D eigenvalue weighted by molar-refractivity contribution is 7.91. The molecule has 1 unspecified atom stereocenters. The van der Waals surface area contributed by atoms with Crippen LogP contribution in [-0.4, -0.2) is 40.9 Å². The van der Waals surface area contributed by atoms with Gasteiger partial charge in [0, 0.05) is 12.1 Å². The van der Waals surface area contributed by atoms with Gasteiger partial charge in [-0.3, -0.25) is 31.1 Å². The van der Waals surface area contributed by atoms with Gasteiger partial charge in [-0.15, -0.1) is 0 Å². The van der Waals surface area contributed by atoms with Crippen LogP contribution >= 0.6 is 12.2 Å². The fourth-order valence-electron chi connectivity index (χ4n) is 2.14. The molecule has 1 aromatic carbocycles. The normalized spacial score (nSPS) is 18.6. The highest BCUT2D eigenvalue weighted by Crippen LogP contribution is 2.28. The Balaban J connectivity index is 1.99. The van der Waals surface area contributed by atoms with Gasteiger partial charge in [0.2, 0.25) is 0 Å². The lowest BCUT2D eigenvalue weighted by Crippen LogP contribution is -2.44. The minimum atomic E-state index is -3.06. The first-order valence-corrected chi connectivity index (χ1v) is 8.87. The first-order valence-electron chi connectivity index (χ1n) is 6.64. The molecule has 1 aliphatic heterocycles. The van der Waals surface area contributed by atoms with Crippen LogP contribution in [-0.2, 0) is 9.84 Å². The molecule has 24 heavy (non-hydrogen) atoms. The third-order valence-electron chi connectivity index (χ3n) is 3.27. The molecular weight excluding hydrogens is 362 g/mol. The van der Waals surface area contributed by atoms with E-state index in [2.05, 4.69) is 16.2 Å². The molecule has 2 rings (SSSR count). The third kappa shape index (κ3) is 4.48. The Morgan fingerprint density at radius 1 is 1.25 bits per heavy atom. The van der Waals surface area contributed by atoms with Crippen LogP contribution in [0.2, 0.25) is 0 Å². The first kappa shape index (κ1) is 17.8. The van der Waals surface area contributed by atoms with E-state index in [0.717, 1.165) is 12.1 Å². The lowest BCUT2D eigenvalue weighted by Gasteiger charge is -2.16. The van der Waals surface area contributed by atoms with Crippen molar-refractivity contribution in [3.05, 3.63) is 38.4 Å². The minimum absolute atomic E-state index is 0.0196. The van der Waals surface area contributed by atoms with Gasteiger partial charge in [-0.2, -0.15) is 0 Å². The number of hydrazine groups is 1. The monoisotopic (exact) mass is 375 g/mol. The number of nitrogens with one attached hydrogen (secondary N) is 3. The van der Waals surface area contributed by atoms with E-state index >= 15 is 0 Å². The molecule has 1 aliphatic rings. The SMILES string of the molecule is O=[N+]([O-])c1ccc(NNC(=S)NC2CCS(=O)(=O)C2)c([N+](=O)[O-])c1. The van der Waals surface area contributed by atoms with Gasteiger partial charge in [0.1, 0.15) is 5.69 Å². The fraction of sp³-hybridized carbons (Fsp3) is 0.364. The molecule has 0 aromatic heterocycles. The van der Waals surface area contributed by atoms with Crippen LogP contribution in [0.4, 0.5) is 17.1 Å². The van der Waals surface area contributed by atoms with E-state index in [1.807, 2.05) is 0 Å². The first-order chi connectivity index (χ1) is 11.2. The van der Waals surface area contributed by atoms with E-state index in [0.29, 0.717) is 6.42 Å². The van der Waals surface area contributed by atoms with Gasteiger partial charge >= 0.3 is 5.69 Å². The third-order valence-corrected chi connectivity index (χ3v) is 5.26. The summed E-state index contributed by atoms with van der Waals surface area (Å²) in [4.78, 5) is 20.2. The lowest BCUT2D eigenvalue weighted by molar-refractivity contribution is -0.393. The van der Waals surface area contributed by atoms with Crippen molar-refractivity contribution in [2.45, 2.75) is 12.5 Å². The van der Waals surface area contributed by atoms with Gasteiger partial charge in [0.25, 0.3) is 5.69 Å². The number of non-ortho nitro benzene ring substituents is 1. The van der Waals surface area contributed by atoms with Gasteiger partial charge in [-0.1, -0.05) is 0 Å². The Morgan fingerprint density at radius 3 is 2.50 bits per heavy atom. The van der Waals surface area contributed by atoms with Gasteiger partial charge in [0.15, 0.2) is 14.9 Å². The van der Waals surface area contributed by atoms with E-state index in [9.17, 15) is 28.6 Å². The van der Waals surface area contributed by atoms with Crippen molar-refractivity contribution in [1.82, 2.24) is 10.7 Å². The molecule has 13 heteroatoms. The van der Waals surface area contributed by atoms with Gasteiger partial charge in [-0.05, 0) is 24.7 Å². The van der Waals surface area contributed by atoms with Gasteiger partial charge < -0.3 is 5.32 Å². The van der Waals surface area contributed by atoms with Crippen molar-refractivity contribution in [3.8, 4) is 0 Å². The molecule has 0 bridgehead atoms. The number of rotatable bonds is 5. The number of nitro groups is 2. The van der Waals surface area contributed by atoms with Crippen molar-refractivity contribution in [2.75, 3.05) is 16.9 Å². The van der Waals surface area contributed by atoms with E-state index in [-0.39, 0.29) is 28.3 Å². The minimum Gasteiger partial charge on any atom is -0.358 e. The van der Waals surface area contributed by atoms with E-state index in [4.69, 9.17) is 12.2 Å². The molecule has 1 atom stereocenters. The van der Waals surface area contributed by atoms with E-state index in [1.54, 1.807) is 0 Å². The smallest absolute Gasteiger partial charge is 0.300 e. The Labute approximate surface area is 141 Å². The second-order valence-electron chi connectivity index (χ2n) is 5.04. The van der Waals surface area contributed by atoms with Gasteiger partial charge in [-0.25, -0.2) is 8.42 Å². The van der Waals surface area contributed by atoms with Crippen LogP contribution in [0.15, 0.2) is 18.2 Å². The molecule has 1 heterocycles. The van der Waals surface area contributed by atoms with Crippen molar-refractivity contribution in [1.29, 1.82) is 0 Å². The van der Waals surface area contributed by atoms with E-state index < -0.39 is 31.1 Å². The van der Waals surface area contributed by atoms with E-state index in [1.165, 1.54) is 6.07 Å². The maximum absolute atomic E-state index is 11.4. The summed E-state index contributed by atoms with van der Waals surface area (Å²) >= 11 is 4.98. The van der Waals surface area contributed by atoms with Crippen molar-refractivity contribution >= 4 is 44.2 Å². The number of anilines is 1. The number of nitrogens with zero attached hydrogens (tertiary/aromatic N) is 2. The van der Waals surface area contributed by atoms with Crippen molar-refractivity contribution in [2.24, 2.45) is 0 Å². The zero-order valence-corrected chi connectivity index (χ0v) is 13.7. The van der Waals surface area contributed by atoms with Gasteiger partial charge in [0.05, 0.1) is 27.4 Å². The quantitative estimate of drug-likeness (QED) is 0.375. The molecule has 0 aliphatic carbocycles. The molecule has 130 valence electrons. The molecule has 0 saturated carbocycles. The largest absolute Gasteiger partial charge is 0.358 e. The molecule has 1 saturated heterocycles. The summed E-state index contributed by atoms with van der Waals surface area (Å²) in [6.07, 6.45) is 0.418. The molecule has 3 N–H and O–H groups in total. The Bertz CT molecular complexity index is 796. The second-order valence-corrected chi connectivity index (χ2v) is 7.68. The number of benzene rings is 1. The fourth-order valence-corrected chi connectivity index (χ4v) is 4.04. The van der Waals surface area contributed by atoms with Crippen LogP contribution in [0.5, 0.6) is 0 Å². The van der Waals surface area contributed by atoms with Crippen LogP contribution in [0.25, 0.3) is 0 Å². The topological polar surface area (TPSA) is 157 Å².